The van der Waals surface area contributed by atoms with Gasteiger partial charge in [0.1, 0.15) is 5.57 Å². The highest BCUT2D eigenvalue weighted by molar-refractivity contribution is 6.25. The monoisotopic (exact) mass is 235 g/mol. The van der Waals surface area contributed by atoms with Crippen LogP contribution in [-0.4, -0.2) is 37.9 Å². The Balaban J connectivity index is 3.17. The number of ketones is 1. The number of nitrogens with zero attached hydrogens (tertiary/aromatic N) is 1. The van der Waals surface area contributed by atoms with Crippen LogP contribution in [0.1, 0.15) is 13.3 Å². The van der Waals surface area contributed by atoms with Crippen LogP contribution in [0.2, 0.25) is 0 Å². The topological polar surface area (TPSA) is 46.6 Å². The summed E-state index contributed by atoms with van der Waals surface area (Å²) in [4.78, 5) is 25.3. The second-order valence-electron chi connectivity index (χ2n) is 3.99. The van der Waals surface area contributed by atoms with Gasteiger partial charge in [0.2, 0.25) is 0 Å². The first-order valence-corrected chi connectivity index (χ1v) is 5.43. The number of ether oxygens (including phenoxy) is 1. The first-order valence-electron chi connectivity index (χ1n) is 5.43. The summed E-state index contributed by atoms with van der Waals surface area (Å²) in [5.74, 6) is -0.825. The molecule has 0 fully saturated rings. The lowest BCUT2D eigenvalue weighted by Gasteiger charge is -2.15. The molecule has 0 spiro atoms. The Morgan fingerprint density at radius 3 is 2.53 bits per heavy atom. The van der Waals surface area contributed by atoms with E-state index in [4.69, 9.17) is 0 Å². The summed E-state index contributed by atoms with van der Waals surface area (Å²) in [6, 6.07) is 0. The van der Waals surface area contributed by atoms with Crippen LogP contribution in [0.4, 0.5) is 0 Å². The summed E-state index contributed by atoms with van der Waals surface area (Å²) in [5, 5.41) is 0. The molecule has 1 aliphatic carbocycles. The lowest BCUT2D eigenvalue weighted by atomic mass is 9.92. The fourth-order valence-corrected chi connectivity index (χ4v) is 1.61. The maximum Gasteiger partial charge on any atom is 0.341 e. The van der Waals surface area contributed by atoms with Gasteiger partial charge in [-0.2, -0.15) is 0 Å². The number of carbonyl (C=O) groups excluding carboxylic acids is 2. The molecule has 0 aliphatic heterocycles. The molecule has 1 aliphatic rings. The lowest BCUT2D eigenvalue weighted by Crippen LogP contribution is -2.19. The Hall–Kier alpha value is -1.84. The van der Waals surface area contributed by atoms with Crippen molar-refractivity contribution in [2.45, 2.75) is 13.3 Å². The van der Waals surface area contributed by atoms with Crippen molar-refractivity contribution >= 4 is 11.8 Å². The molecule has 92 valence electrons. The molecule has 17 heavy (non-hydrogen) atoms. The first-order chi connectivity index (χ1) is 7.99. The summed E-state index contributed by atoms with van der Waals surface area (Å²) >= 11 is 0. The number of carbonyl (C=O) groups is 2. The largest absolute Gasteiger partial charge is 0.465 e. The fraction of sp³-hybridized carbons (Fsp3) is 0.385. The second kappa shape index (κ2) is 5.48. The van der Waals surface area contributed by atoms with E-state index in [1.807, 2.05) is 32.1 Å². The van der Waals surface area contributed by atoms with E-state index < -0.39 is 5.97 Å². The van der Waals surface area contributed by atoms with E-state index in [9.17, 15) is 9.59 Å². The van der Waals surface area contributed by atoms with Crippen LogP contribution < -0.4 is 0 Å². The third kappa shape index (κ3) is 3.06. The molecule has 0 saturated carbocycles. The van der Waals surface area contributed by atoms with Crippen molar-refractivity contribution in [1.82, 2.24) is 4.90 Å². The van der Waals surface area contributed by atoms with E-state index in [0.29, 0.717) is 12.0 Å². The van der Waals surface area contributed by atoms with Gasteiger partial charge in [-0.1, -0.05) is 6.92 Å². The molecule has 0 aromatic rings. The van der Waals surface area contributed by atoms with E-state index >= 15 is 0 Å². The van der Waals surface area contributed by atoms with Crippen molar-refractivity contribution < 1.29 is 14.3 Å². The molecule has 4 nitrogen and oxygen atoms in total. The van der Waals surface area contributed by atoms with E-state index in [0.717, 1.165) is 5.57 Å². The molecular weight excluding hydrogens is 218 g/mol. The molecule has 0 unspecified atom stereocenters. The van der Waals surface area contributed by atoms with Crippen molar-refractivity contribution in [2.75, 3.05) is 21.2 Å². The maximum absolute atomic E-state index is 11.9. The summed E-state index contributed by atoms with van der Waals surface area (Å²) in [6.07, 6.45) is 5.81. The van der Waals surface area contributed by atoms with Gasteiger partial charge in [0.25, 0.3) is 0 Å². The zero-order valence-corrected chi connectivity index (χ0v) is 10.6. The minimum Gasteiger partial charge on any atom is -0.465 e. The van der Waals surface area contributed by atoms with Crippen LogP contribution in [0.3, 0.4) is 0 Å². The Labute approximate surface area is 101 Å². The van der Waals surface area contributed by atoms with Gasteiger partial charge in [-0.25, -0.2) is 4.79 Å². The highest BCUT2D eigenvalue weighted by Crippen LogP contribution is 2.22. The predicted octanol–water partition coefficient (Wildman–Crippen LogP) is 1.45. The average Bonchev–Trinajstić information content (AvgIpc) is 2.29. The van der Waals surface area contributed by atoms with Crippen molar-refractivity contribution in [3.8, 4) is 0 Å². The number of hydrogen-bond donors (Lipinski definition) is 0. The smallest absolute Gasteiger partial charge is 0.341 e. The van der Waals surface area contributed by atoms with Gasteiger partial charge in [-0.05, 0) is 24.1 Å². The molecular formula is C13H17NO3. The number of esters is 1. The van der Waals surface area contributed by atoms with Gasteiger partial charge in [-0.15, -0.1) is 0 Å². The molecule has 4 heteroatoms. The standard InChI is InChI=1S/C13H17NO3/c1-5-10-6-9(8-14(2)3)7-11(12(10)15)13(16)17-4/h6-8H,5H2,1-4H3/b9-8-. The average molecular weight is 235 g/mol. The van der Waals surface area contributed by atoms with Gasteiger partial charge < -0.3 is 9.64 Å². The number of allylic oxidation sites excluding steroid dienone is 4. The Morgan fingerprint density at radius 2 is 2.06 bits per heavy atom. The van der Waals surface area contributed by atoms with Crippen molar-refractivity contribution in [3.63, 3.8) is 0 Å². The summed E-state index contributed by atoms with van der Waals surface area (Å²) < 4.78 is 4.61. The minimum absolute atomic E-state index is 0.0972. The minimum atomic E-state index is -0.585. The van der Waals surface area contributed by atoms with Crippen LogP contribution >= 0.6 is 0 Å². The van der Waals surface area contributed by atoms with E-state index in [1.165, 1.54) is 7.11 Å². The number of hydrogen-bond acceptors (Lipinski definition) is 4. The summed E-state index contributed by atoms with van der Waals surface area (Å²) in [7, 11) is 5.04. The van der Waals surface area contributed by atoms with Crippen LogP contribution in [0, 0.1) is 0 Å². The molecule has 0 atom stereocenters. The van der Waals surface area contributed by atoms with Crippen LogP contribution in [-0.2, 0) is 14.3 Å². The molecule has 0 amide bonds. The molecule has 0 aromatic carbocycles. The zero-order chi connectivity index (χ0) is 13.0. The normalized spacial score (nSPS) is 17.6. The summed E-state index contributed by atoms with van der Waals surface area (Å²) in [6.45, 7) is 1.89. The number of methoxy groups -OCH3 is 1. The van der Waals surface area contributed by atoms with Gasteiger partial charge in [0, 0.05) is 25.9 Å². The SMILES string of the molecule is CCC1=C/C(=C/N(C)C)C=C(C(=O)OC)C1=O. The molecule has 0 saturated heterocycles. The Bertz CT molecular complexity index is 428. The third-order valence-electron chi connectivity index (χ3n) is 2.38. The Kier molecular flexibility index (Phi) is 4.26. The lowest BCUT2D eigenvalue weighted by molar-refractivity contribution is -0.137. The third-order valence-corrected chi connectivity index (χ3v) is 2.38. The first kappa shape index (κ1) is 13.2. The maximum atomic E-state index is 11.9. The molecule has 0 aromatic heterocycles. The van der Waals surface area contributed by atoms with Crippen LogP contribution in [0.25, 0.3) is 0 Å². The van der Waals surface area contributed by atoms with Gasteiger partial charge >= 0.3 is 5.97 Å². The van der Waals surface area contributed by atoms with E-state index in [1.54, 1.807) is 12.2 Å². The van der Waals surface area contributed by atoms with Crippen molar-refractivity contribution in [2.24, 2.45) is 0 Å². The Morgan fingerprint density at radius 1 is 1.41 bits per heavy atom. The van der Waals surface area contributed by atoms with Crippen LogP contribution in [0.5, 0.6) is 0 Å². The highest BCUT2D eigenvalue weighted by atomic mass is 16.5. The molecule has 1 rings (SSSR count). The van der Waals surface area contributed by atoms with Crippen molar-refractivity contribution in [1.29, 1.82) is 0 Å². The van der Waals surface area contributed by atoms with E-state index in [2.05, 4.69) is 4.74 Å². The van der Waals surface area contributed by atoms with Crippen LogP contribution in [0.15, 0.2) is 35.1 Å². The van der Waals surface area contributed by atoms with Gasteiger partial charge in [0.05, 0.1) is 7.11 Å². The highest BCUT2D eigenvalue weighted by Gasteiger charge is 2.25. The zero-order valence-electron chi connectivity index (χ0n) is 10.6. The van der Waals surface area contributed by atoms with E-state index in [-0.39, 0.29) is 11.4 Å². The summed E-state index contributed by atoms with van der Waals surface area (Å²) in [5.41, 5.74) is 1.55. The number of Topliss-reactive ketones (excluding diaryl/α,β-unsaturated/α-hetero) is 1. The second-order valence-corrected chi connectivity index (χ2v) is 3.99. The molecule has 0 N–H and O–H groups in total. The predicted molar refractivity (Wildman–Crippen MR) is 65.3 cm³/mol. The quantitative estimate of drug-likeness (QED) is 0.548. The van der Waals surface area contributed by atoms with Gasteiger partial charge in [0.15, 0.2) is 5.78 Å². The molecule has 0 bridgehead atoms. The fourth-order valence-electron chi connectivity index (χ4n) is 1.61. The molecule has 0 heterocycles. The molecule has 0 radical (unpaired) electrons. The van der Waals surface area contributed by atoms with Gasteiger partial charge in [-0.3, -0.25) is 4.79 Å². The van der Waals surface area contributed by atoms with Crippen molar-refractivity contribution in [3.05, 3.63) is 35.1 Å². The number of rotatable bonds is 3.